The first-order valence-electron chi connectivity index (χ1n) is 9.30. The molecule has 0 spiro atoms. The van der Waals surface area contributed by atoms with Crippen LogP contribution < -0.4 is 20.1 Å². The Morgan fingerprint density at radius 1 is 1.24 bits per heavy atom. The second-order valence-corrected chi connectivity index (χ2v) is 7.06. The molecule has 0 saturated carbocycles. The molecule has 1 aliphatic heterocycles. The number of aliphatic carboxylic acids is 1. The van der Waals surface area contributed by atoms with Gasteiger partial charge in [-0.05, 0) is 48.0 Å². The molecule has 0 radical (unpaired) electrons. The normalized spacial score (nSPS) is 14.3. The van der Waals surface area contributed by atoms with Gasteiger partial charge in [0.1, 0.15) is 18.1 Å². The molecule has 0 aromatic heterocycles. The number of amides is 4. The number of benzene rings is 2. The van der Waals surface area contributed by atoms with Crippen LogP contribution in [0.25, 0.3) is 6.08 Å². The van der Waals surface area contributed by atoms with Crippen LogP contribution in [0.3, 0.4) is 0 Å². The first kappa shape index (κ1) is 23.5. The zero-order valence-corrected chi connectivity index (χ0v) is 17.8. The second-order valence-electron chi connectivity index (χ2n) is 6.65. The number of methoxy groups -OCH3 is 1. The number of nitrogens with one attached hydrogen (secondary N) is 2. The molecule has 33 heavy (non-hydrogen) atoms. The van der Waals surface area contributed by atoms with Crippen molar-refractivity contribution in [2.24, 2.45) is 0 Å². The minimum atomic E-state index is -1.34. The Hall–Kier alpha value is -4.12. The van der Waals surface area contributed by atoms with E-state index in [0.29, 0.717) is 16.2 Å². The lowest BCUT2D eigenvalue weighted by Crippen LogP contribution is -2.35. The lowest BCUT2D eigenvalue weighted by molar-refractivity contribution is -0.140. The number of carboxylic acid groups (broad SMARTS) is 1. The maximum absolute atomic E-state index is 13.0. The van der Waals surface area contributed by atoms with Gasteiger partial charge in [-0.15, -0.1) is 0 Å². The van der Waals surface area contributed by atoms with Gasteiger partial charge < -0.3 is 25.2 Å². The fraction of sp³-hybridized carbons (Fsp3) is 0.143. The third kappa shape index (κ3) is 5.77. The number of carboxylic acids is 1. The summed E-state index contributed by atoms with van der Waals surface area (Å²) in [7, 11) is 1.34. The topological polar surface area (TPSA) is 134 Å². The predicted octanol–water partition coefficient (Wildman–Crippen LogP) is 2.48. The molecule has 0 bridgehead atoms. The van der Waals surface area contributed by atoms with E-state index in [1.54, 1.807) is 0 Å². The summed E-state index contributed by atoms with van der Waals surface area (Å²) in [6.45, 7) is -1.20. The summed E-state index contributed by atoms with van der Waals surface area (Å²) in [5, 5.41) is 13.7. The molecule has 3 rings (SSSR count). The number of nitrogens with zero attached hydrogens (tertiary/aromatic N) is 1. The monoisotopic (exact) mass is 477 g/mol. The van der Waals surface area contributed by atoms with Crippen LogP contribution in [0.1, 0.15) is 5.56 Å². The van der Waals surface area contributed by atoms with Gasteiger partial charge in [0.2, 0.25) is 0 Å². The first-order valence-corrected chi connectivity index (χ1v) is 9.68. The van der Waals surface area contributed by atoms with Crippen LogP contribution in [0, 0.1) is 5.82 Å². The highest BCUT2D eigenvalue weighted by molar-refractivity contribution is 6.32. The number of hydrogen-bond donors (Lipinski definition) is 3. The quantitative estimate of drug-likeness (QED) is 0.392. The maximum Gasteiger partial charge on any atom is 0.329 e. The predicted molar refractivity (Wildman–Crippen MR) is 114 cm³/mol. The van der Waals surface area contributed by atoms with E-state index in [1.807, 2.05) is 0 Å². The lowest BCUT2D eigenvalue weighted by atomic mass is 10.1. The molecule has 1 aliphatic rings. The molecular weight excluding hydrogens is 461 g/mol. The average Bonchev–Trinajstić information content (AvgIpc) is 3.01. The van der Waals surface area contributed by atoms with Crippen molar-refractivity contribution in [1.82, 2.24) is 10.2 Å². The number of urea groups is 1. The molecule has 10 nitrogen and oxygen atoms in total. The number of hydrogen-bond acceptors (Lipinski definition) is 6. The summed E-state index contributed by atoms with van der Waals surface area (Å²) >= 11 is 6.25. The number of rotatable bonds is 8. The van der Waals surface area contributed by atoms with Crippen LogP contribution >= 0.6 is 11.6 Å². The minimum absolute atomic E-state index is 0.0509. The third-order valence-corrected chi connectivity index (χ3v) is 4.57. The molecule has 1 saturated heterocycles. The van der Waals surface area contributed by atoms with Crippen molar-refractivity contribution in [1.29, 1.82) is 0 Å². The molecule has 172 valence electrons. The Kier molecular flexibility index (Phi) is 7.13. The van der Waals surface area contributed by atoms with Crippen molar-refractivity contribution in [3.05, 3.63) is 58.5 Å². The zero-order chi connectivity index (χ0) is 24.1. The molecule has 4 amide bonds. The van der Waals surface area contributed by atoms with E-state index in [4.69, 9.17) is 26.2 Å². The van der Waals surface area contributed by atoms with E-state index in [1.165, 1.54) is 49.6 Å². The molecule has 2 aromatic carbocycles. The number of imide groups is 1. The van der Waals surface area contributed by atoms with Gasteiger partial charge in [0.25, 0.3) is 11.8 Å². The second kappa shape index (κ2) is 10.0. The summed E-state index contributed by atoms with van der Waals surface area (Å²) in [6.07, 6.45) is 1.29. The van der Waals surface area contributed by atoms with Gasteiger partial charge in [-0.2, -0.15) is 0 Å². The molecule has 0 atom stereocenters. The first-order chi connectivity index (χ1) is 15.7. The SMILES string of the molecule is COc1cc(C=C2NC(=O)N(CC(=O)O)C2=O)cc(Cl)c1OCC(=O)Nc1ccc(F)cc1. The van der Waals surface area contributed by atoms with Gasteiger partial charge in [-0.1, -0.05) is 11.6 Å². The Bertz CT molecular complexity index is 1150. The van der Waals surface area contributed by atoms with E-state index >= 15 is 0 Å². The lowest BCUT2D eigenvalue weighted by Gasteiger charge is -2.13. The zero-order valence-electron chi connectivity index (χ0n) is 17.1. The number of carbonyl (C=O) groups is 4. The van der Waals surface area contributed by atoms with Crippen LogP contribution in [-0.2, 0) is 14.4 Å². The fourth-order valence-electron chi connectivity index (χ4n) is 2.85. The van der Waals surface area contributed by atoms with E-state index in [9.17, 15) is 23.6 Å². The Morgan fingerprint density at radius 3 is 2.58 bits per heavy atom. The van der Waals surface area contributed by atoms with Crippen LogP contribution in [0.5, 0.6) is 11.5 Å². The van der Waals surface area contributed by atoms with Gasteiger partial charge in [0.05, 0.1) is 12.1 Å². The van der Waals surface area contributed by atoms with Crippen molar-refractivity contribution in [3.63, 3.8) is 0 Å². The highest BCUT2D eigenvalue weighted by Gasteiger charge is 2.35. The van der Waals surface area contributed by atoms with Crippen molar-refractivity contribution in [3.8, 4) is 11.5 Å². The molecular formula is C21H17ClFN3O7. The number of ether oxygens (including phenoxy) is 2. The third-order valence-electron chi connectivity index (χ3n) is 4.29. The van der Waals surface area contributed by atoms with Crippen molar-refractivity contribution >= 4 is 47.2 Å². The number of halogens is 2. The largest absolute Gasteiger partial charge is 0.493 e. The summed E-state index contributed by atoms with van der Waals surface area (Å²) in [5.41, 5.74) is 0.581. The van der Waals surface area contributed by atoms with Gasteiger partial charge in [-0.3, -0.25) is 14.4 Å². The Balaban J connectivity index is 1.73. The molecule has 1 fully saturated rings. The Labute approximate surface area is 191 Å². The molecule has 3 N–H and O–H groups in total. The van der Waals surface area contributed by atoms with E-state index in [-0.39, 0.29) is 22.2 Å². The summed E-state index contributed by atoms with van der Waals surface area (Å²) in [5.74, 6) is -2.91. The highest BCUT2D eigenvalue weighted by Crippen LogP contribution is 2.37. The number of anilines is 1. The molecule has 12 heteroatoms. The van der Waals surface area contributed by atoms with Crippen LogP contribution in [-0.4, -0.2) is 54.1 Å². The van der Waals surface area contributed by atoms with Crippen molar-refractivity contribution < 1.29 is 38.1 Å². The fourth-order valence-corrected chi connectivity index (χ4v) is 3.12. The van der Waals surface area contributed by atoms with Crippen molar-refractivity contribution in [2.75, 3.05) is 25.6 Å². The van der Waals surface area contributed by atoms with Gasteiger partial charge in [0.15, 0.2) is 18.1 Å². The maximum atomic E-state index is 13.0. The van der Waals surface area contributed by atoms with Gasteiger partial charge in [0, 0.05) is 5.69 Å². The van der Waals surface area contributed by atoms with Crippen LogP contribution in [0.15, 0.2) is 42.1 Å². The molecule has 0 aliphatic carbocycles. The van der Waals surface area contributed by atoms with Gasteiger partial charge >= 0.3 is 12.0 Å². The highest BCUT2D eigenvalue weighted by atomic mass is 35.5. The standard InChI is InChI=1S/C21H17ClFN3O7/c1-32-16-8-11(7-15-20(30)26(9-18(28)29)21(31)25-15)6-14(22)19(16)33-10-17(27)24-13-4-2-12(23)3-5-13/h2-8H,9-10H2,1H3,(H,24,27)(H,25,31)(H,28,29). The van der Waals surface area contributed by atoms with Crippen molar-refractivity contribution in [2.45, 2.75) is 0 Å². The van der Waals surface area contributed by atoms with E-state index in [0.717, 1.165) is 0 Å². The summed E-state index contributed by atoms with van der Waals surface area (Å²) in [4.78, 5) is 47.6. The molecule has 0 unspecified atom stereocenters. The van der Waals surface area contributed by atoms with E-state index in [2.05, 4.69) is 10.6 Å². The van der Waals surface area contributed by atoms with Crippen LogP contribution in [0.4, 0.5) is 14.9 Å². The smallest absolute Gasteiger partial charge is 0.329 e. The van der Waals surface area contributed by atoms with Gasteiger partial charge in [-0.25, -0.2) is 14.1 Å². The Morgan fingerprint density at radius 2 is 1.94 bits per heavy atom. The molecule has 2 aromatic rings. The molecule has 1 heterocycles. The average molecular weight is 478 g/mol. The van der Waals surface area contributed by atoms with E-state index < -0.39 is 42.8 Å². The summed E-state index contributed by atoms with van der Waals surface area (Å²) in [6, 6.07) is 7.17. The minimum Gasteiger partial charge on any atom is -0.493 e. The number of carbonyl (C=O) groups excluding carboxylic acids is 3. The summed E-state index contributed by atoms with van der Waals surface area (Å²) < 4.78 is 23.7. The van der Waals surface area contributed by atoms with Crippen LogP contribution in [0.2, 0.25) is 5.02 Å².